The van der Waals surface area contributed by atoms with Gasteiger partial charge in [-0.15, -0.1) is 0 Å². The van der Waals surface area contributed by atoms with Crippen molar-refractivity contribution in [1.29, 1.82) is 0 Å². The molecule has 0 aliphatic heterocycles. The third-order valence-corrected chi connectivity index (χ3v) is 10.4. The van der Waals surface area contributed by atoms with Crippen molar-refractivity contribution < 1.29 is 62.3 Å². The van der Waals surface area contributed by atoms with E-state index in [0.29, 0.717) is 70.9 Å². The van der Waals surface area contributed by atoms with Crippen LogP contribution in [0.25, 0.3) is 0 Å². The molecule has 0 aromatic carbocycles. The fraction of sp³-hybridized carbons (Fsp3) is 0.875. The van der Waals surface area contributed by atoms with E-state index in [2.05, 4.69) is 23.3 Å². The summed E-state index contributed by atoms with van der Waals surface area (Å²) in [5, 5.41) is 13.5. The lowest BCUT2D eigenvalue weighted by Crippen LogP contribution is -2.39. The van der Waals surface area contributed by atoms with Gasteiger partial charge in [0.2, 0.25) is 17.7 Å². The van der Waals surface area contributed by atoms with Crippen LogP contribution < -0.4 is 22.1 Å². The summed E-state index contributed by atoms with van der Waals surface area (Å²) in [6.45, 7) is 8.45. The summed E-state index contributed by atoms with van der Waals surface area (Å²) in [4.78, 5) is 68.9. The van der Waals surface area contributed by atoms with E-state index in [0.717, 1.165) is 32.1 Å². The third-order valence-electron chi connectivity index (χ3n) is 10.4. The molecule has 0 aromatic rings. The summed E-state index contributed by atoms with van der Waals surface area (Å²) in [6.07, 6.45) is 25.2. The van der Waals surface area contributed by atoms with Crippen molar-refractivity contribution >= 4 is 35.1 Å². The van der Waals surface area contributed by atoms with E-state index in [4.69, 9.17) is 39.3 Å². The number of Topliss-reactive ketones (excluding diaryl/α,β-unsaturated/α-hetero) is 3. The van der Waals surface area contributed by atoms with Crippen molar-refractivity contribution in [2.24, 2.45) is 17.4 Å². The summed E-state index contributed by atoms with van der Waals surface area (Å²) in [5.41, 5.74) is 9.51. The van der Waals surface area contributed by atoms with Gasteiger partial charge in [-0.1, -0.05) is 110 Å². The fourth-order valence-corrected chi connectivity index (χ4v) is 6.11. The molecule has 0 bridgehead atoms. The Hall–Kier alpha value is -2.90. The highest BCUT2D eigenvalue weighted by Crippen LogP contribution is 2.14. The van der Waals surface area contributed by atoms with Crippen molar-refractivity contribution in [2.45, 2.75) is 174 Å². The number of ketones is 3. The molecule has 0 heterocycles. The molecule has 7 N–H and O–H groups in total. The second-order valence-corrected chi connectivity index (χ2v) is 16.6. The van der Waals surface area contributed by atoms with E-state index >= 15 is 0 Å². The topological polar surface area (TPSA) is 254 Å². The maximum Gasteiger partial charge on any atom is 0.247 e. The predicted molar refractivity (Wildman–Crippen MR) is 252 cm³/mol. The molecule has 65 heavy (non-hydrogen) atoms. The number of unbranched alkanes of at least 4 members (excludes halogenated alkanes) is 15. The average Bonchev–Trinajstić information content (AvgIpc) is 3.28. The van der Waals surface area contributed by atoms with Crippen molar-refractivity contribution in [3.8, 4) is 0 Å². The Morgan fingerprint density at radius 1 is 0.508 bits per heavy atom. The van der Waals surface area contributed by atoms with Crippen LogP contribution in [0.1, 0.15) is 168 Å². The molecule has 0 radical (unpaired) electrons. The molecule has 0 saturated carbocycles. The summed E-state index contributed by atoms with van der Waals surface area (Å²) < 4.78 is 32.2. The number of aliphatic hydroxyl groups is 1. The van der Waals surface area contributed by atoms with Crippen LogP contribution in [0, 0.1) is 5.92 Å². The molecular weight excluding hydrogens is 841 g/mol. The lowest BCUT2D eigenvalue weighted by molar-refractivity contribution is -0.128. The minimum atomic E-state index is -0.903. The first-order valence-electron chi connectivity index (χ1n) is 24.6. The number of hydrogen-bond acceptors (Lipinski definition) is 14. The van der Waals surface area contributed by atoms with E-state index in [1.165, 1.54) is 83.5 Å². The Labute approximate surface area is 391 Å². The Bertz CT molecular complexity index is 1160. The van der Waals surface area contributed by atoms with Crippen LogP contribution >= 0.6 is 0 Å². The zero-order valence-electron chi connectivity index (χ0n) is 40.8. The molecule has 0 aromatic heterocycles. The molecule has 0 aliphatic rings. The maximum absolute atomic E-state index is 12.1. The van der Waals surface area contributed by atoms with Gasteiger partial charge in [0, 0.05) is 44.9 Å². The molecule has 17 heteroatoms. The number of hydrogen-bond donors (Lipinski definition) is 5. The van der Waals surface area contributed by atoms with Gasteiger partial charge in [-0.3, -0.25) is 28.8 Å². The molecule has 382 valence electrons. The third kappa shape index (κ3) is 51.9. The number of amides is 3. The Morgan fingerprint density at radius 2 is 0.938 bits per heavy atom. The van der Waals surface area contributed by atoms with E-state index in [1.54, 1.807) is 6.92 Å². The maximum atomic E-state index is 12.1. The normalized spacial score (nSPS) is 12.0. The van der Waals surface area contributed by atoms with Gasteiger partial charge >= 0.3 is 0 Å². The molecular formula is C48H92N4O13. The summed E-state index contributed by atoms with van der Waals surface area (Å²) >= 11 is 0. The molecule has 3 amide bonds. The first kappa shape index (κ1) is 64.2. The summed E-state index contributed by atoms with van der Waals surface area (Å²) in [6, 6.07) is -0.903. The second kappa shape index (κ2) is 50.5. The molecule has 2 atom stereocenters. The van der Waals surface area contributed by atoms with Gasteiger partial charge in [-0.05, 0) is 39.0 Å². The Kier molecular flexibility index (Phi) is 49.9. The van der Waals surface area contributed by atoms with Crippen molar-refractivity contribution in [3.63, 3.8) is 0 Å². The first-order valence-corrected chi connectivity index (χ1v) is 24.6. The number of carbonyl (C=O) groups excluding carboxylic acids is 6. The number of nitrogens with one attached hydrogen (secondary N) is 2. The molecule has 0 saturated heterocycles. The Morgan fingerprint density at radius 3 is 1.42 bits per heavy atom. The van der Waals surface area contributed by atoms with E-state index in [-0.39, 0.29) is 88.9 Å². The number of carbonyl (C=O) groups is 6. The van der Waals surface area contributed by atoms with Gasteiger partial charge in [0.25, 0.3) is 0 Å². The molecule has 0 fully saturated rings. The average molecular weight is 933 g/mol. The molecule has 17 nitrogen and oxygen atoms in total. The quantitative estimate of drug-likeness (QED) is 0.0377. The second-order valence-electron chi connectivity index (χ2n) is 16.6. The zero-order chi connectivity index (χ0) is 48.4. The van der Waals surface area contributed by atoms with E-state index in [1.807, 2.05) is 6.92 Å². The highest BCUT2D eigenvalue weighted by atomic mass is 16.5. The van der Waals surface area contributed by atoms with Crippen molar-refractivity contribution in [3.05, 3.63) is 0 Å². The largest absolute Gasteiger partial charge is 0.394 e. The lowest BCUT2D eigenvalue weighted by atomic mass is 10.0. The van der Waals surface area contributed by atoms with Crippen LogP contribution in [0.2, 0.25) is 0 Å². The first-order chi connectivity index (χ1) is 31.4. The smallest absolute Gasteiger partial charge is 0.247 e. The van der Waals surface area contributed by atoms with Gasteiger partial charge in [-0.2, -0.15) is 0 Å². The van der Waals surface area contributed by atoms with Crippen LogP contribution in [0.15, 0.2) is 0 Å². The van der Waals surface area contributed by atoms with Crippen molar-refractivity contribution in [2.75, 3.05) is 92.6 Å². The number of aliphatic hydroxyl groups excluding tert-OH is 1. The highest BCUT2D eigenvalue weighted by Gasteiger charge is 2.08. The molecule has 0 aliphatic carbocycles. The van der Waals surface area contributed by atoms with Crippen molar-refractivity contribution in [1.82, 2.24) is 10.6 Å². The SMILES string of the molecule is CCCCCCCCCCCCCCCCCC(=O)CCCOCCOCC(=O)NCOCCOCC(=O)CCCOCCOCC(=O)NCCCC[C@H](C)C(C)=O.NC(=O)[C@@H](N)CO. The minimum Gasteiger partial charge on any atom is -0.394 e. The summed E-state index contributed by atoms with van der Waals surface area (Å²) in [7, 11) is 0. The van der Waals surface area contributed by atoms with Gasteiger partial charge in [0.15, 0.2) is 5.78 Å². The predicted octanol–water partition coefficient (Wildman–Crippen LogP) is 5.42. The van der Waals surface area contributed by atoms with Gasteiger partial charge in [0.05, 0.1) is 46.2 Å². The van der Waals surface area contributed by atoms with Gasteiger partial charge in [-0.25, -0.2) is 0 Å². The highest BCUT2D eigenvalue weighted by molar-refractivity contribution is 5.80. The summed E-state index contributed by atoms with van der Waals surface area (Å²) in [5.74, 6) is -0.638. The fourth-order valence-electron chi connectivity index (χ4n) is 6.11. The van der Waals surface area contributed by atoms with E-state index < -0.39 is 11.9 Å². The monoisotopic (exact) mass is 933 g/mol. The number of primary amides is 1. The van der Waals surface area contributed by atoms with Crippen LogP contribution in [0.3, 0.4) is 0 Å². The molecule has 0 spiro atoms. The number of nitrogens with two attached hydrogens (primary N) is 2. The van der Waals surface area contributed by atoms with Gasteiger partial charge < -0.3 is 55.6 Å². The number of rotatable bonds is 49. The van der Waals surface area contributed by atoms with Gasteiger partial charge in [0.1, 0.15) is 44.2 Å². The van der Waals surface area contributed by atoms with Crippen LogP contribution in [0.5, 0.6) is 0 Å². The Balaban J connectivity index is 0. The van der Waals surface area contributed by atoms with Crippen LogP contribution in [-0.2, 0) is 57.2 Å². The van der Waals surface area contributed by atoms with Crippen LogP contribution in [-0.4, -0.2) is 139 Å². The molecule has 0 unspecified atom stereocenters. The zero-order valence-corrected chi connectivity index (χ0v) is 40.8. The minimum absolute atomic E-state index is 0.0116. The number of ether oxygens (including phenoxy) is 6. The van der Waals surface area contributed by atoms with Crippen LogP contribution in [0.4, 0.5) is 0 Å². The molecule has 0 rings (SSSR count). The standard InChI is InChI=1S/C45H84N2O11.C3H8N2O2/c1-4-5-6-7-8-9-10-11-12-13-14-15-16-17-18-24-42(49)25-21-28-53-31-33-57-38-45(52)47-39-58-35-34-55-36-43(50)26-22-29-54-30-32-56-37-44(51)46-27-20-19-23-40(2)41(3)48;4-2(1-6)3(5)7/h40H,4-39H2,1-3H3,(H,46,51)(H,47,52);2,6H,1,4H2,(H2,5,7)/t40-;2-/m00/s1. The lowest BCUT2D eigenvalue weighted by Gasteiger charge is -2.09. The van der Waals surface area contributed by atoms with E-state index in [9.17, 15) is 28.8 Å².